The molecule has 1 amide bonds. The first-order valence-corrected chi connectivity index (χ1v) is 5.73. The van der Waals surface area contributed by atoms with Crippen molar-refractivity contribution >= 4 is 17.7 Å². The zero-order valence-corrected chi connectivity index (χ0v) is 8.55. The van der Waals surface area contributed by atoms with Gasteiger partial charge in [0.15, 0.2) is 0 Å². The van der Waals surface area contributed by atoms with E-state index in [0.29, 0.717) is 13.0 Å². The predicted molar refractivity (Wildman–Crippen MR) is 55.3 cm³/mol. The molecule has 1 atom stereocenters. The highest BCUT2D eigenvalue weighted by Gasteiger charge is 2.23. The topological polar surface area (TPSA) is 72.3 Å². The Balaban J connectivity index is 2.28. The van der Waals surface area contributed by atoms with Crippen LogP contribution in [-0.4, -0.2) is 41.6 Å². The third-order valence-electron chi connectivity index (χ3n) is 2.10. The molecule has 0 aromatic heterocycles. The predicted octanol–water partition coefficient (Wildman–Crippen LogP) is -0.414. The van der Waals surface area contributed by atoms with Crippen molar-refractivity contribution in [1.82, 2.24) is 4.90 Å². The van der Waals surface area contributed by atoms with Crippen molar-refractivity contribution < 1.29 is 4.79 Å². The van der Waals surface area contributed by atoms with Crippen LogP contribution in [0.1, 0.15) is 12.8 Å². The van der Waals surface area contributed by atoms with Gasteiger partial charge in [0.1, 0.15) is 0 Å². The maximum absolute atomic E-state index is 11.6. The minimum atomic E-state index is -0.345. The number of carbonyl (C=O) groups is 1. The summed E-state index contributed by atoms with van der Waals surface area (Å²) < 4.78 is 0. The lowest BCUT2D eigenvalue weighted by Crippen LogP contribution is -2.42. The Bertz CT molecular complexity index is 171. The average molecular weight is 203 g/mol. The molecule has 0 saturated carbocycles. The van der Waals surface area contributed by atoms with Gasteiger partial charge in [-0.25, -0.2) is 0 Å². The second-order valence-corrected chi connectivity index (χ2v) is 4.25. The van der Waals surface area contributed by atoms with Gasteiger partial charge in [-0.15, -0.1) is 11.8 Å². The Labute approximate surface area is 83.0 Å². The van der Waals surface area contributed by atoms with E-state index >= 15 is 0 Å². The van der Waals surface area contributed by atoms with Gasteiger partial charge in [0.25, 0.3) is 0 Å². The van der Waals surface area contributed by atoms with Crippen LogP contribution < -0.4 is 11.5 Å². The molecule has 13 heavy (non-hydrogen) atoms. The molecular formula is C8H17N3OS. The van der Waals surface area contributed by atoms with Crippen LogP contribution in [0.4, 0.5) is 0 Å². The molecule has 1 aliphatic rings. The monoisotopic (exact) mass is 203 g/mol. The molecule has 1 saturated heterocycles. The first-order valence-electron chi connectivity index (χ1n) is 4.58. The molecule has 0 aromatic carbocycles. The lowest BCUT2D eigenvalue weighted by atomic mass is 10.1. The first-order chi connectivity index (χ1) is 6.25. The first kappa shape index (κ1) is 10.8. The number of carbonyl (C=O) groups excluding carboxylic acids is 1. The number of hydrogen-bond acceptors (Lipinski definition) is 4. The van der Waals surface area contributed by atoms with E-state index in [0.717, 1.165) is 24.6 Å². The molecule has 0 radical (unpaired) electrons. The molecule has 0 unspecified atom stereocenters. The SMILES string of the molecule is NCCC[C@H](N)C(=O)N1CCSC1. The molecule has 0 bridgehead atoms. The van der Waals surface area contributed by atoms with Crippen molar-refractivity contribution in [2.45, 2.75) is 18.9 Å². The highest BCUT2D eigenvalue weighted by molar-refractivity contribution is 7.99. The van der Waals surface area contributed by atoms with Crippen LogP contribution >= 0.6 is 11.8 Å². The number of amides is 1. The van der Waals surface area contributed by atoms with E-state index in [2.05, 4.69) is 0 Å². The van der Waals surface area contributed by atoms with Gasteiger partial charge < -0.3 is 16.4 Å². The van der Waals surface area contributed by atoms with Gasteiger partial charge in [0.05, 0.1) is 11.9 Å². The van der Waals surface area contributed by atoms with Crippen LogP contribution in [-0.2, 0) is 4.79 Å². The van der Waals surface area contributed by atoms with Gasteiger partial charge in [0.2, 0.25) is 5.91 Å². The largest absolute Gasteiger partial charge is 0.331 e. The molecular weight excluding hydrogens is 186 g/mol. The summed E-state index contributed by atoms with van der Waals surface area (Å²) in [6, 6.07) is -0.345. The van der Waals surface area contributed by atoms with E-state index in [4.69, 9.17) is 11.5 Å². The van der Waals surface area contributed by atoms with Crippen LogP contribution in [0, 0.1) is 0 Å². The molecule has 0 spiro atoms. The maximum Gasteiger partial charge on any atom is 0.240 e. The average Bonchev–Trinajstić information content (AvgIpc) is 2.65. The Morgan fingerprint density at radius 1 is 1.62 bits per heavy atom. The summed E-state index contributed by atoms with van der Waals surface area (Å²) in [6.45, 7) is 1.45. The normalized spacial score (nSPS) is 19.1. The molecule has 1 heterocycles. The van der Waals surface area contributed by atoms with E-state index < -0.39 is 0 Å². The number of hydrogen-bond donors (Lipinski definition) is 2. The summed E-state index contributed by atoms with van der Waals surface area (Å²) in [6.07, 6.45) is 1.53. The highest BCUT2D eigenvalue weighted by atomic mass is 32.2. The molecule has 5 heteroatoms. The second-order valence-electron chi connectivity index (χ2n) is 3.18. The van der Waals surface area contributed by atoms with Crippen LogP contribution in [0.5, 0.6) is 0 Å². The molecule has 1 aliphatic heterocycles. The zero-order valence-electron chi connectivity index (χ0n) is 7.74. The highest BCUT2D eigenvalue weighted by Crippen LogP contribution is 2.14. The summed E-state index contributed by atoms with van der Waals surface area (Å²) in [5, 5.41) is 0. The van der Waals surface area contributed by atoms with Gasteiger partial charge in [-0.1, -0.05) is 0 Å². The van der Waals surface area contributed by atoms with Gasteiger partial charge in [-0.3, -0.25) is 4.79 Å². The van der Waals surface area contributed by atoms with E-state index in [-0.39, 0.29) is 11.9 Å². The Morgan fingerprint density at radius 3 is 2.92 bits per heavy atom. The summed E-state index contributed by atoms with van der Waals surface area (Å²) >= 11 is 1.78. The van der Waals surface area contributed by atoms with Gasteiger partial charge in [0, 0.05) is 12.3 Å². The third-order valence-corrected chi connectivity index (χ3v) is 3.07. The van der Waals surface area contributed by atoms with E-state index in [1.807, 2.05) is 4.90 Å². The molecule has 4 N–H and O–H groups in total. The van der Waals surface area contributed by atoms with Crippen LogP contribution in [0.3, 0.4) is 0 Å². The summed E-state index contributed by atoms with van der Waals surface area (Å²) in [7, 11) is 0. The van der Waals surface area contributed by atoms with Crippen molar-refractivity contribution in [2.24, 2.45) is 11.5 Å². The Hall–Kier alpha value is -0.260. The van der Waals surface area contributed by atoms with Crippen molar-refractivity contribution in [1.29, 1.82) is 0 Å². The fourth-order valence-corrected chi connectivity index (χ4v) is 2.24. The van der Waals surface area contributed by atoms with Crippen molar-refractivity contribution in [3.05, 3.63) is 0 Å². The molecule has 4 nitrogen and oxygen atoms in total. The summed E-state index contributed by atoms with van der Waals surface area (Å²) in [5.74, 6) is 1.92. The number of rotatable bonds is 4. The maximum atomic E-state index is 11.6. The minimum Gasteiger partial charge on any atom is -0.331 e. The quantitative estimate of drug-likeness (QED) is 0.651. The van der Waals surface area contributed by atoms with Crippen LogP contribution in [0.2, 0.25) is 0 Å². The van der Waals surface area contributed by atoms with E-state index in [1.165, 1.54) is 0 Å². The van der Waals surface area contributed by atoms with Crippen molar-refractivity contribution in [3.8, 4) is 0 Å². The van der Waals surface area contributed by atoms with E-state index in [1.54, 1.807) is 11.8 Å². The van der Waals surface area contributed by atoms with E-state index in [9.17, 15) is 4.79 Å². The Morgan fingerprint density at radius 2 is 2.38 bits per heavy atom. The van der Waals surface area contributed by atoms with Crippen molar-refractivity contribution in [3.63, 3.8) is 0 Å². The third kappa shape index (κ3) is 3.17. The zero-order chi connectivity index (χ0) is 9.68. The molecule has 0 aliphatic carbocycles. The van der Waals surface area contributed by atoms with Gasteiger partial charge >= 0.3 is 0 Å². The standard InChI is InChI=1S/C8H17N3OS/c9-3-1-2-7(10)8(12)11-4-5-13-6-11/h7H,1-6,9-10H2/t7-/m0/s1. The lowest BCUT2D eigenvalue weighted by molar-refractivity contribution is -0.131. The molecule has 76 valence electrons. The number of nitrogens with two attached hydrogens (primary N) is 2. The fourth-order valence-electron chi connectivity index (χ4n) is 1.28. The molecule has 1 rings (SSSR count). The van der Waals surface area contributed by atoms with Gasteiger partial charge in [-0.2, -0.15) is 0 Å². The minimum absolute atomic E-state index is 0.0819. The number of nitrogens with zero attached hydrogens (tertiary/aromatic N) is 1. The lowest BCUT2D eigenvalue weighted by Gasteiger charge is -2.19. The summed E-state index contributed by atoms with van der Waals surface area (Å²) in [4.78, 5) is 13.4. The van der Waals surface area contributed by atoms with Crippen molar-refractivity contribution in [2.75, 3.05) is 24.7 Å². The smallest absolute Gasteiger partial charge is 0.240 e. The second kappa shape index (κ2) is 5.47. The van der Waals surface area contributed by atoms with Crippen LogP contribution in [0.15, 0.2) is 0 Å². The van der Waals surface area contributed by atoms with Crippen LogP contribution in [0.25, 0.3) is 0 Å². The summed E-state index contributed by atoms with van der Waals surface area (Å²) in [5.41, 5.74) is 11.1. The fraction of sp³-hybridized carbons (Fsp3) is 0.875. The Kier molecular flexibility index (Phi) is 4.55. The number of thioether (sulfide) groups is 1. The molecule has 1 fully saturated rings. The molecule has 0 aromatic rings. The van der Waals surface area contributed by atoms with Gasteiger partial charge in [-0.05, 0) is 19.4 Å².